The summed E-state index contributed by atoms with van der Waals surface area (Å²) in [6.07, 6.45) is 0. The van der Waals surface area contributed by atoms with Crippen LogP contribution in [0.3, 0.4) is 0 Å². The molecular weight excluding hydrogens is 703 g/mol. The molecule has 0 aliphatic carbocycles. The summed E-state index contributed by atoms with van der Waals surface area (Å²) < 4.78 is 345. The first-order valence-electron chi connectivity index (χ1n) is 35.3. The van der Waals surface area contributed by atoms with Gasteiger partial charge in [-0.05, 0) is 109 Å². The molecule has 0 bridgehead atoms. The van der Waals surface area contributed by atoms with Crippen LogP contribution in [0.2, 0.25) is 0 Å². The van der Waals surface area contributed by atoms with Gasteiger partial charge in [0.25, 0.3) is 0 Å². The van der Waals surface area contributed by atoms with Crippen molar-refractivity contribution in [3.8, 4) is 44.5 Å². The molecule has 1 aromatic heterocycles. The van der Waals surface area contributed by atoms with Crippen LogP contribution in [0.15, 0.2) is 228 Å². The van der Waals surface area contributed by atoms with Gasteiger partial charge in [-0.25, -0.2) is 0 Å². The third-order valence-corrected chi connectivity index (χ3v) is 8.81. The summed E-state index contributed by atoms with van der Waals surface area (Å²) in [5, 5.41) is -4.77. The second-order valence-corrected chi connectivity index (χ2v) is 12.0. The van der Waals surface area contributed by atoms with E-state index in [1.54, 1.807) is 0 Å². The minimum atomic E-state index is -1.46. The minimum Gasteiger partial charge on any atom is -0.455 e. The zero-order valence-electron chi connectivity index (χ0n) is 65.9. The third-order valence-electron chi connectivity index (χ3n) is 8.81. The Kier molecular flexibility index (Phi) is 3.15. The number of hydrogen-bond acceptors (Lipinski definition) is 2. The molecule has 0 spiro atoms. The van der Waals surface area contributed by atoms with Gasteiger partial charge < -0.3 is 9.32 Å². The predicted octanol–water partition coefficient (Wildman–Crippen LogP) is 16.0. The second kappa shape index (κ2) is 14.1. The molecule has 0 aliphatic rings. The van der Waals surface area contributed by atoms with Gasteiger partial charge in [-0.15, -0.1) is 0 Å². The van der Waals surface area contributed by atoms with Crippen LogP contribution in [-0.4, -0.2) is 0 Å². The van der Waals surface area contributed by atoms with Gasteiger partial charge in [0.05, 0.1) is 61.8 Å². The quantitative estimate of drug-likeness (QED) is 0.150. The zero-order chi connectivity index (χ0) is 70.6. The lowest BCUT2D eigenvalue weighted by atomic mass is 9.92. The van der Waals surface area contributed by atoms with Gasteiger partial charge in [-0.1, -0.05) is 175 Å². The molecule has 0 saturated heterocycles. The van der Waals surface area contributed by atoms with Crippen LogP contribution in [-0.2, 0) is 0 Å². The smallest absolute Gasteiger partial charge is 0.145 e. The van der Waals surface area contributed by atoms with E-state index in [1.165, 1.54) is 0 Å². The molecule has 0 fully saturated rings. The van der Waals surface area contributed by atoms with Crippen molar-refractivity contribution in [2.45, 2.75) is 0 Å². The normalized spacial score (nSPS) is 20.4. The monoisotopic (exact) mass is 777 g/mol. The summed E-state index contributed by atoms with van der Waals surface area (Å²) in [4.78, 5) is 0.263. The Hall–Kier alpha value is -7.68. The molecule has 0 amide bonds. The highest BCUT2D eigenvalue weighted by molar-refractivity contribution is 6.21. The van der Waals surface area contributed by atoms with Gasteiger partial charge in [-0.3, -0.25) is 0 Å². The van der Waals surface area contributed by atoms with E-state index in [4.69, 9.17) is 31.8 Å². The Balaban J connectivity index is 1.45. The molecule has 0 aliphatic heterocycles. The summed E-state index contributed by atoms with van der Waals surface area (Å²) in [7, 11) is 0. The highest BCUT2D eigenvalue weighted by Crippen LogP contribution is 2.48. The average Bonchev–Trinajstić information content (AvgIpc) is 1.64. The van der Waals surface area contributed by atoms with Gasteiger partial charge >= 0.3 is 0 Å². The maximum Gasteiger partial charge on any atom is 0.145 e. The van der Waals surface area contributed by atoms with E-state index in [1.807, 2.05) is 0 Å². The van der Waals surface area contributed by atoms with Gasteiger partial charge in [0.2, 0.25) is 0 Å². The van der Waals surface area contributed by atoms with Gasteiger partial charge in [-0.2, -0.15) is 0 Å². The first-order chi connectivity index (χ1) is 44.2. The largest absolute Gasteiger partial charge is 0.455 e. The van der Waals surface area contributed by atoms with Gasteiger partial charge in [0.15, 0.2) is 0 Å². The number of anilines is 3. The second-order valence-electron chi connectivity index (χ2n) is 12.0. The van der Waals surface area contributed by atoms with Crippen LogP contribution in [0.1, 0.15) is 50.7 Å². The Morgan fingerprint density at radius 1 is 0.345 bits per heavy atom. The lowest BCUT2D eigenvalue weighted by Gasteiger charge is -2.27. The van der Waals surface area contributed by atoms with Crippen LogP contribution in [0.5, 0.6) is 0 Å². The maximum atomic E-state index is 10.3. The van der Waals surface area contributed by atoms with E-state index in [9.17, 15) is 23.3 Å². The van der Waals surface area contributed by atoms with Crippen molar-refractivity contribution in [3.63, 3.8) is 0 Å². The van der Waals surface area contributed by atoms with E-state index in [0.717, 1.165) is 0 Å². The average molecular weight is 777 g/mol. The molecule has 11 aromatic rings. The zero-order valence-corrected chi connectivity index (χ0v) is 28.9. The van der Waals surface area contributed by atoms with Crippen molar-refractivity contribution in [3.05, 3.63) is 224 Å². The molecule has 2 nitrogen and oxygen atoms in total. The lowest BCUT2D eigenvalue weighted by Crippen LogP contribution is -2.10. The van der Waals surface area contributed by atoms with Crippen molar-refractivity contribution in [1.82, 2.24) is 0 Å². The van der Waals surface area contributed by atoms with E-state index in [0.29, 0.717) is 0 Å². The number of hydrogen-bond donors (Lipinski definition) is 0. The SMILES string of the molecule is [2H]c1c([2H])c([2H])c(-c2c([2H])c([2H])c(N(c3c([2H])c([2H])c([2H])c(-c4c([2H])c([2H])c([2H])c([2H])c4-c4c([2H])c([2H])c([2H])c([2H])c4[2H])c3[2H])c3c([2H])c([2H])c(-c4c([2H])c5c([2H])c([2H])c([2H])c([2H])c5c5c([2H])c([2H])c([2H])c([2H])c45)c4oc5c([2H])c([2H])c([2H])c([2H])c5c34)c([2H])c2[2H])c([2H])c1[2H]. The Labute approximate surface area is 389 Å². The van der Waals surface area contributed by atoms with Crippen molar-refractivity contribution in [1.29, 1.82) is 0 Å². The summed E-state index contributed by atoms with van der Waals surface area (Å²) in [6.45, 7) is 0. The van der Waals surface area contributed by atoms with Crippen LogP contribution in [0, 0.1) is 0 Å². The van der Waals surface area contributed by atoms with E-state index < -0.39 is 329 Å². The van der Waals surface area contributed by atoms with Gasteiger partial charge in [0, 0.05) is 22.3 Å². The minimum absolute atomic E-state index is 0.263. The van der Waals surface area contributed by atoms with Crippen molar-refractivity contribution < 1.29 is 55.1 Å². The van der Waals surface area contributed by atoms with E-state index in [2.05, 4.69) is 0 Å². The van der Waals surface area contributed by atoms with Crippen molar-refractivity contribution in [2.75, 3.05) is 4.90 Å². The summed E-state index contributed by atoms with van der Waals surface area (Å²) >= 11 is 0. The summed E-state index contributed by atoms with van der Waals surface area (Å²) in [5.41, 5.74) is -14.0. The fourth-order valence-electron chi connectivity index (χ4n) is 6.35. The standard InChI is InChI=1S/C56H37NO/c1-3-16-38(17-4-1)39-30-32-43(33-31-39)57(44-22-15-21-41(36-44)46-24-10-9-23-45(46)40-18-5-2-6-19-40)53-35-34-50(56-55(53)51-28-13-14-29-54(51)58-56)52-37-42-20-7-8-25-47(42)48-26-11-12-27-49(48)52/h1-37H/i1D,2D,3D,4D,5D,6D,7D,8D,9D,10D,11D,12D,13D,14D,15D,16D,17D,18D,19D,20D,21D,22D,23D,24D,25D,26D,27D,28D,29D,30D,31D,32D,33D,34D,35D,36D,37D. The topological polar surface area (TPSA) is 16.4 Å². The molecule has 0 unspecified atom stereocenters. The van der Waals surface area contributed by atoms with Crippen LogP contribution >= 0.6 is 0 Å². The third kappa shape index (κ3) is 5.74. The van der Waals surface area contributed by atoms with Crippen LogP contribution < -0.4 is 4.90 Å². The molecule has 11 rings (SSSR count). The molecule has 0 atom stereocenters. The highest BCUT2D eigenvalue weighted by Gasteiger charge is 2.24. The molecule has 10 aromatic carbocycles. The predicted molar refractivity (Wildman–Crippen MR) is 245 cm³/mol. The molecule has 58 heavy (non-hydrogen) atoms. The van der Waals surface area contributed by atoms with E-state index in [-0.39, 0.29) is 4.90 Å². The Morgan fingerprint density at radius 2 is 0.931 bits per heavy atom. The number of fused-ring (bicyclic) bond motifs is 6. The first-order valence-corrected chi connectivity index (χ1v) is 16.8. The number of benzene rings is 10. The molecule has 272 valence electrons. The molecule has 0 saturated carbocycles. The molecule has 1 heterocycles. The van der Waals surface area contributed by atoms with E-state index >= 15 is 0 Å². The Bertz CT molecular complexity index is 5380. The molecule has 0 radical (unpaired) electrons. The number of rotatable bonds is 7. The molecule has 2 heteroatoms. The van der Waals surface area contributed by atoms with Gasteiger partial charge in [0.1, 0.15) is 11.2 Å². The van der Waals surface area contributed by atoms with Crippen LogP contribution in [0.25, 0.3) is 88.0 Å². The fourth-order valence-corrected chi connectivity index (χ4v) is 6.35. The molecule has 0 N–H and O–H groups in total. The number of para-hydroxylation sites is 1. The highest BCUT2D eigenvalue weighted by atomic mass is 16.3. The fraction of sp³-hybridized carbons (Fsp3) is 0. The van der Waals surface area contributed by atoms with Crippen LogP contribution in [0.4, 0.5) is 17.1 Å². The Morgan fingerprint density at radius 3 is 1.71 bits per heavy atom. The maximum absolute atomic E-state index is 10.3. The number of furan rings is 1. The molecular formula is C56H37NO. The first kappa shape index (κ1) is 12.9. The van der Waals surface area contributed by atoms with Crippen molar-refractivity contribution in [2.24, 2.45) is 0 Å². The summed E-state index contributed by atoms with van der Waals surface area (Å²) in [6, 6.07) is -42.3. The number of nitrogens with zero attached hydrogens (tertiary/aromatic N) is 1. The lowest BCUT2D eigenvalue weighted by molar-refractivity contribution is 0.670. The summed E-state index contributed by atoms with van der Waals surface area (Å²) in [5.74, 6) is 0. The van der Waals surface area contributed by atoms with Crippen molar-refractivity contribution >= 4 is 60.5 Å².